The zero-order valence-electron chi connectivity index (χ0n) is 14.4. The largest absolute Gasteiger partial charge is 0.369 e. The van der Waals surface area contributed by atoms with Gasteiger partial charge in [0.05, 0.1) is 12.2 Å². The quantitative estimate of drug-likeness (QED) is 0.670. The second-order valence-electron chi connectivity index (χ2n) is 6.10. The van der Waals surface area contributed by atoms with E-state index in [9.17, 15) is 0 Å². The molecule has 1 saturated heterocycles. The lowest BCUT2D eigenvalue weighted by atomic mass is 10.2. The van der Waals surface area contributed by atoms with Crippen LogP contribution in [0.1, 0.15) is 17.7 Å². The molecule has 1 unspecified atom stereocenters. The number of aromatic nitrogens is 1. The summed E-state index contributed by atoms with van der Waals surface area (Å²) in [7, 11) is 1.81. The predicted molar refractivity (Wildman–Crippen MR) is 99.4 cm³/mol. The lowest BCUT2D eigenvalue weighted by Crippen LogP contribution is -2.44. The van der Waals surface area contributed by atoms with E-state index in [4.69, 9.17) is 0 Å². The molecular formula is C19H25N5. The molecule has 0 radical (unpaired) electrons. The molecule has 0 spiro atoms. The first-order valence-corrected chi connectivity index (χ1v) is 8.44. The minimum atomic E-state index is 0.404. The van der Waals surface area contributed by atoms with E-state index in [0.29, 0.717) is 12.6 Å². The molecule has 5 nitrogen and oxygen atoms in total. The van der Waals surface area contributed by atoms with Crippen LogP contribution in [0.3, 0.4) is 0 Å². The van der Waals surface area contributed by atoms with Gasteiger partial charge in [0.25, 0.3) is 0 Å². The summed E-state index contributed by atoms with van der Waals surface area (Å²) >= 11 is 0. The van der Waals surface area contributed by atoms with Crippen LogP contribution in [0.15, 0.2) is 53.7 Å². The van der Waals surface area contributed by atoms with Gasteiger partial charge in [0.2, 0.25) is 0 Å². The number of anilines is 1. The van der Waals surface area contributed by atoms with Gasteiger partial charge < -0.3 is 15.5 Å². The first-order valence-electron chi connectivity index (χ1n) is 8.44. The third-order valence-corrected chi connectivity index (χ3v) is 4.42. The highest BCUT2D eigenvalue weighted by atomic mass is 15.2. The van der Waals surface area contributed by atoms with Crippen molar-refractivity contribution in [3.63, 3.8) is 0 Å². The molecule has 126 valence electrons. The fourth-order valence-corrected chi connectivity index (χ4v) is 3.01. The van der Waals surface area contributed by atoms with Gasteiger partial charge in [0.15, 0.2) is 5.96 Å². The van der Waals surface area contributed by atoms with Gasteiger partial charge in [-0.1, -0.05) is 24.3 Å². The van der Waals surface area contributed by atoms with Gasteiger partial charge in [-0.3, -0.25) is 9.98 Å². The van der Waals surface area contributed by atoms with Gasteiger partial charge in [0, 0.05) is 38.1 Å². The van der Waals surface area contributed by atoms with Gasteiger partial charge in [-0.15, -0.1) is 0 Å². The molecule has 0 saturated carbocycles. The number of aliphatic imine (C=N–C) groups is 1. The van der Waals surface area contributed by atoms with E-state index in [1.54, 1.807) is 0 Å². The summed E-state index contributed by atoms with van der Waals surface area (Å²) in [5.41, 5.74) is 3.53. The first kappa shape index (κ1) is 16.3. The summed E-state index contributed by atoms with van der Waals surface area (Å²) in [6.45, 7) is 4.82. The summed E-state index contributed by atoms with van der Waals surface area (Å²) < 4.78 is 0. The van der Waals surface area contributed by atoms with Crippen molar-refractivity contribution >= 4 is 11.6 Å². The van der Waals surface area contributed by atoms with E-state index in [0.717, 1.165) is 31.2 Å². The monoisotopic (exact) mass is 323 g/mol. The van der Waals surface area contributed by atoms with Crippen molar-refractivity contribution in [1.29, 1.82) is 0 Å². The molecule has 1 fully saturated rings. The van der Waals surface area contributed by atoms with Crippen LogP contribution in [0.5, 0.6) is 0 Å². The molecule has 24 heavy (non-hydrogen) atoms. The Morgan fingerprint density at radius 3 is 2.83 bits per heavy atom. The Kier molecular flexibility index (Phi) is 5.31. The molecule has 0 aliphatic carbocycles. The Labute approximate surface area is 143 Å². The van der Waals surface area contributed by atoms with Crippen LogP contribution < -0.4 is 15.5 Å². The fraction of sp³-hybridized carbons (Fsp3) is 0.368. The number of hydrogen-bond acceptors (Lipinski definition) is 3. The zero-order valence-corrected chi connectivity index (χ0v) is 14.4. The van der Waals surface area contributed by atoms with Gasteiger partial charge in [-0.2, -0.15) is 0 Å². The van der Waals surface area contributed by atoms with Gasteiger partial charge >= 0.3 is 0 Å². The Hall–Kier alpha value is -2.56. The second kappa shape index (κ2) is 7.81. The molecule has 5 heteroatoms. The Bertz CT molecular complexity index is 683. The van der Waals surface area contributed by atoms with Crippen LogP contribution in [-0.2, 0) is 6.54 Å². The van der Waals surface area contributed by atoms with E-state index in [1.807, 2.05) is 19.3 Å². The third kappa shape index (κ3) is 4.04. The Balaban J connectivity index is 1.52. The summed E-state index contributed by atoms with van der Waals surface area (Å²) in [4.78, 5) is 11.2. The lowest BCUT2D eigenvalue weighted by Gasteiger charge is -2.20. The maximum Gasteiger partial charge on any atom is 0.191 e. The van der Waals surface area contributed by atoms with Gasteiger partial charge in [-0.25, -0.2) is 0 Å². The van der Waals surface area contributed by atoms with Crippen molar-refractivity contribution in [1.82, 2.24) is 15.6 Å². The van der Waals surface area contributed by atoms with Crippen LogP contribution in [0.2, 0.25) is 0 Å². The molecule has 0 bridgehead atoms. The van der Waals surface area contributed by atoms with Crippen LogP contribution in [-0.4, -0.2) is 37.1 Å². The number of aryl methyl sites for hydroxylation is 1. The number of nitrogens with zero attached hydrogens (tertiary/aromatic N) is 3. The first-order chi connectivity index (χ1) is 11.8. The maximum atomic E-state index is 4.41. The predicted octanol–water partition coefficient (Wildman–Crippen LogP) is 2.33. The Morgan fingerprint density at radius 1 is 1.25 bits per heavy atom. The highest BCUT2D eigenvalue weighted by Gasteiger charge is 2.23. The molecular weight excluding hydrogens is 298 g/mol. The molecule has 1 aliphatic rings. The summed E-state index contributed by atoms with van der Waals surface area (Å²) in [6.07, 6.45) is 2.94. The lowest BCUT2D eigenvalue weighted by molar-refractivity contribution is 0.647. The number of pyridine rings is 1. The van der Waals surface area contributed by atoms with E-state index < -0.39 is 0 Å². The smallest absolute Gasteiger partial charge is 0.191 e. The molecule has 1 aromatic heterocycles. The van der Waals surface area contributed by atoms with E-state index in [2.05, 4.69) is 68.8 Å². The van der Waals surface area contributed by atoms with Crippen molar-refractivity contribution in [2.45, 2.75) is 25.9 Å². The van der Waals surface area contributed by atoms with Crippen molar-refractivity contribution in [2.75, 3.05) is 25.0 Å². The zero-order chi connectivity index (χ0) is 16.8. The third-order valence-electron chi connectivity index (χ3n) is 4.42. The molecule has 1 atom stereocenters. The van der Waals surface area contributed by atoms with Crippen molar-refractivity contribution in [3.05, 3.63) is 59.9 Å². The Morgan fingerprint density at radius 2 is 2.08 bits per heavy atom. The SMILES string of the molecule is CN=C(NCc1ncccc1C)NC1CCN(c2ccccc2)C1. The van der Waals surface area contributed by atoms with E-state index in [-0.39, 0.29) is 0 Å². The topological polar surface area (TPSA) is 52.6 Å². The molecule has 1 aliphatic heterocycles. The van der Waals surface area contributed by atoms with Crippen molar-refractivity contribution in [3.8, 4) is 0 Å². The fourth-order valence-electron chi connectivity index (χ4n) is 3.01. The number of para-hydroxylation sites is 1. The van der Waals surface area contributed by atoms with Crippen LogP contribution in [0.25, 0.3) is 0 Å². The summed E-state index contributed by atoms with van der Waals surface area (Å²) in [5, 5.41) is 6.89. The standard InChI is InChI=1S/C19H25N5/c1-15-7-6-11-21-18(15)13-22-19(20-2)23-16-10-12-24(14-16)17-8-4-3-5-9-17/h3-9,11,16H,10,12-14H2,1-2H3,(H2,20,22,23). The molecule has 2 N–H and O–H groups in total. The number of guanidine groups is 1. The van der Waals surface area contributed by atoms with Crippen LogP contribution in [0, 0.1) is 6.92 Å². The minimum Gasteiger partial charge on any atom is -0.369 e. The van der Waals surface area contributed by atoms with Crippen molar-refractivity contribution < 1.29 is 0 Å². The summed E-state index contributed by atoms with van der Waals surface area (Å²) in [6, 6.07) is 15.0. The van der Waals surface area contributed by atoms with Crippen LogP contribution in [0.4, 0.5) is 5.69 Å². The molecule has 0 amide bonds. The van der Waals surface area contributed by atoms with Gasteiger partial charge in [0.1, 0.15) is 0 Å². The summed E-state index contributed by atoms with van der Waals surface area (Å²) in [5.74, 6) is 0.833. The molecule has 2 aromatic rings. The van der Waals surface area contributed by atoms with E-state index in [1.165, 1.54) is 11.3 Å². The number of rotatable bonds is 4. The van der Waals surface area contributed by atoms with Crippen molar-refractivity contribution in [2.24, 2.45) is 4.99 Å². The number of benzene rings is 1. The maximum absolute atomic E-state index is 4.41. The highest BCUT2D eigenvalue weighted by Crippen LogP contribution is 2.19. The second-order valence-corrected chi connectivity index (χ2v) is 6.10. The average molecular weight is 323 g/mol. The molecule has 3 rings (SSSR count). The van der Waals surface area contributed by atoms with E-state index >= 15 is 0 Å². The number of hydrogen-bond donors (Lipinski definition) is 2. The van der Waals surface area contributed by atoms with Crippen LogP contribution >= 0.6 is 0 Å². The minimum absolute atomic E-state index is 0.404. The molecule has 2 heterocycles. The van der Waals surface area contributed by atoms with Gasteiger partial charge in [-0.05, 0) is 37.1 Å². The highest BCUT2D eigenvalue weighted by molar-refractivity contribution is 5.80. The normalized spacial score (nSPS) is 17.8. The molecule has 1 aromatic carbocycles. The number of nitrogens with one attached hydrogen (secondary N) is 2. The average Bonchev–Trinajstić information content (AvgIpc) is 3.09.